The van der Waals surface area contributed by atoms with Crippen LogP contribution in [0.3, 0.4) is 0 Å². The van der Waals surface area contributed by atoms with Crippen molar-refractivity contribution in [2.45, 2.75) is 64.0 Å². The van der Waals surface area contributed by atoms with Gasteiger partial charge in [0.05, 0.1) is 0 Å². The molecule has 0 bridgehead atoms. The molecule has 1 aliphatic heterocycles. The van der Waals surface area contributed by atoms with Gasteiger partial charge in [-0.05, 0) is 38.2 Å². The summed E-state index contributed by atoms with van der Waals surface area (Å²) in [6, 6.07) is 2.85. The zero-order valence-electron chi connectivity index (χ0n) is 16.2. The Bertz CT molecular complexity index is 889. The second-order valence-electron chi connectivity index (χ2n) is 8.49. The van der Waals surface area contributed by atoms with E-state index in [9.17, 15) is 4.79 Å². The predicted octanol–water partition coefficient (Wildman–Crippen LogP) is 2.89. The molecule has 0 atom stereocenters. The Kier molecular flexibility index (Phi) is 4.38. The number of aryl methyl sites for hydroxylation is 1. The van der Waals surface area contributed by atoms with Gasteiger partial charge in [0.2, 0.25) is 5.95 Å². The van der Waals surface area contributed by atoms with Gasteiger partial charge in [0.25, 0.3) is 5.56 Å². The van der Waals surface area contributed by atoms with Gasteiger partial charge in [-0.2, -0.15) is 4.98 Å². The van der Waals surface area contributed by atoms with Crippen molar-refractivity contribution >= 4 is 17.0 Å². The molecular weight excluding hydrogens is 338 g/mol. The third-order valence-corrected chi connectivity index (χ3v) is 6.86. The van der Waals surface area contributed by atoms with Crippen molar-refractivity contribution in [2.24, 2.45) is 0 Å². The maximum atomic E-state index is 12.8. The smallest absolute Gasteiger partial charge is 0.252 e. The van der Waals surface area contributed by atoms with E-state index in [0.29, 0.717) is 6.04 Å². The summed E-state index contributed by atoms with van der Waals surface area (Å²) < 4.78 is 1.95. The summed E-state index contributed by atoms with van der Waals surface area (Å²) in [6.45, 7) is 6.12. The lowest BCUT2D eigenvalue weighted by atomic mass is 9.91. The molecule has 3 aliphatic rings. The highest BCUT2D eigenvalue weighted by molar-refractivity contribution is 5.79. The van der Waals surface area contributed by atoms with Crippen LogP contribution in [0.1, 0.15) is 56.6 Å². The van der Waals surface area contributed by atoms with Crippen LogP contribution in [0.5, 0.6) is 0 Å². The number of hydrogen-bond donors (Lipinski definition) is 0. The molecule has 2 aromatic rings. The predicted molar refractivity (Wildman–Crippen MR) is 107 cm³/mol. The molecule has 0 aromatic carbocycles. The Hall–Kier alpha value is -1.95. The van der Waals surface area contributed by atoms with Gasteiger partial charge in [-0.1, -0.05) is 19.3 Å². The van der Waals surface area contributed by atoms with Crippen LogP contribution in [0.2, 0.25) is 0 Å². The van der Waals surface area contributed by atoms with Gasteiger partial charge in [-0.15, -0.1) is 0 Å². The van der Waals surface area contributed by atoms with E-state index in [4.69, 9.17) is 4.98 Å². The molecule has 3 fully saturated rings. The second-order valence-corrected chi connectivity index (χ2v) is 8.49. The van der Waals surface area contributed by atoms with Crippen LogP contribution in [-0.2, 0) is 0 Å². The van der Waals surface area contributed by atoms with Gasteiger partial charge in [0, 0.05) is 55.9 Å². The fraction of sp³-hybridized carbons (Fsp3) is 0.667. The maximum absolute atomic E-state index is 12.8. The van der Waals surface area contributed by atoms with Crippen LogP contribution in [0.15, 0.2) is 17.1 Å². The van der Waals surface area contributed by atoms with E-state index in [0.717, 1.165) is 67.6 Å². The van der Waals surface area contributed by atoms with E-state index in [2.05, 4.69) is 14.8 Å². The molecule has 144 valence electrons. The van der Waals surface area contributed by atoms with Crippen LogP contribution in [0.25, 0.3) is 11.0 Å². The normalized spacial score (nSPS) is 22.5. The van der Waals surface area contributed by atoms with E-state index in [-0.39, 0.29) is 5.56 Å². The lowest BCUT2D eigenvalue weighted by molar-refractivity contribution is 0.120. The van der Waals surface area contributed by atoms with Crippen molar-refractivity contribution in [2.75, 3.05) is 31.1 Å². The summed E-state index contributed by atoms with van der Waals surface area (Å²) >= 11 is 0. The second kappa shape index (κ2) is 6.89. The molecule has 2 saturated carbocycles. The number of fused-ring (bicyclic) bond motifs is 1. The minimum atomic E-state index is 0.0892. The molecule has 6 heteroatoms. The molecular formula is C21H29N5O. The van der Waals surface area contributed by atoms with Gasteiger partial charge in [0.15, 0.2) is 0 Å². The Morgan fingerprint density at radius 3 is 2.33 bits per heavy atom. The minimum Gasteiger partial charge on any atom is -0.338 e. The standard InChI is InChI=1S/C21H29N5O/c1-15-13-19(27)26(17-5-2-3-6-17)20-18(15)14-22-21(23-20)25-11-9-24(10-12-25)16-7-4-8-16/h13-14,16-17H,2-12H2,1H3. The molecule has 0 radical (unpaired) electrons. The topological polar surface area (TPSA) is 54.3 Å². The van der Waals surface area contributed by atoms with E-state index in [1.165, 1.54) is 32.1 Å². The highest BCUT2D eigenvalue weighted by atomic mass is 16.1. The summed E-state index contributed by atoms with van der Waals surface area (Å²) in [5, 5.41) is 1.01. The molecule has 0 spiro atoms. The van der Waals surface area contributed by atoms with E-state index in [1.807, 2.05) is 17.7 Å². The fourth-order valence-corrected chi connectivity index (χ4v) is 4.97. The molecule has 0 N–H and O–H groups in total. The Morgan fingerprint density at radius 1 is 0.963 bits per heavy atom. The monoisotopic (exact) mass is 367 g/mol. The molecule has 1 saturated heterocycles. The van der Waals surface area contributed by atoms with Crippen molar-refractivity contribution in [1.29, 1.82) is 0 Å². The summed E-state index contributed by atoms with van der Waals surface area (Å²) in [7, 11) is 0. The number of rotatable bonds is 3. The average molecular weight is 367 g/mol. The molecule has 2 aromatic heterocycles. The van der Waals surface area contributed by atoms with Crippen LogP contribution < -0.4 is 10.5 Å². The number of pyridine rings is 1. The van der Waals surface area contributed by atoms with Crippen molar-refractivity contribution in [3.63, 3.8) is 0 Å². The fourth-order valence-electron chi connectivity index (χ4n) is 4.97. The lowest BCUT2D eigenvalue weighted by Gasteiger charge is -2.42. The zero-order valence-corrected chi connectivity index (χ0v) is 16.2. The molecule has 5 rings (SSSR count). The number of nitrogens with zero attached hydrogens (tertiary/aromatic N) is 5. The minimum absolute atomic E-state index is 0.0892. The van der Waals surface area contributed by atoms with E-state index < -0.39 is 0 Å². The highest BCUT2D eigenvalue weighted by Crippen LogP contribution is 2.31. The molecule has 0 unspecified atom stereocenters. The van der Waals surface area contributed by atoms with E-state index in [1.54, 1.807) is 6.07 Å². The first kappa shape index (κ1) is 17.2. The first-order valence-corrected chi connectivity index (χ1v) is 10.6. The highest BCUT2D eigenvalue weighted by Gasteiger charge is 2.29. The van der Waals surface area contributed by atoms with Crippen LogP contribution in [0, 0.1) is 6.92 Å². The van der Waals surface area contributed by atoms with Gasteiger partial charge in [-0.25, -0.2) is 4.98 Å². The molecule has 0 amide bonds. The van der Waals surface area contributed by atoms with Crippen molar-refractivity contribution in [3.8, 4) is 0 Å². The SMILES string of the molecule is Cc1cc(=O)n(C2CCCC2)c2nc(N3CCN(C4CCC4)CC3)ncc12. The van der Waals surface area contributed by atoms with Gasteiger partial charge < -0.3 is 4.90 Å². The molecule has 27 heavy (non-hydrogen) atoms. The van der Waals surface area contributed by atoms with E-state index >= 15 is 0 Å². The van der Waals surface area contributed by atoms with Crippen molar-refractivity contribution < 1.29 is 0 Å². The van der Waals surface area contributed by atoms with Crippen LogP contribution in [0.4, 0.5) is 5.95 Å². The average Bonchev–Trinajstić information content (AvgIpc) is 3.15. The first-order valence-electron chi connectivity index (χ1n) is 10.6. The van der Waals surface area contributed by atoms with Crippen molar-refractivity contribution in [1.82, 2.24) is 19.4 Å². The summed E-state index contributed by atoms with van der Waals surface area (Å²) in [5.74, 6) is 0.785. The maximum Gasteiger partial charge on any atom is 0.252 e. The lowest BCUT2D eigenvalue weighted by Crippen LogP contribution is -2.52. The third kappa shape index (κ3) is 3.04. The Morgan fingerprint density at radius 2 is 1.67 bits per heavy atom. The molecule has 6 nitrogen and oxygen atoms in total. The Balaban J connectivity index is 1.47. The summed E-state index contributed by atoms with van der Waals surface area (Å²) in [6.07, 6.45) is 10.6. The van der Waals surface area contributed by atoms with Crippen LogP contribution in [-0.4, -0.2) is 51.7 Å². The molecule has 3 heterocycles. The van der Waals surface area contributed by atoms with Gasteiger partial charge in [-0.3, -0.25) is 14.3 Å². The molecule has 2 aliphatic carbocycles. The van der Waals surface area contributed by atoms with Crippen molar-refractivity contribution in [3.05, 3.63) is 28.2 Å². The zero-order chi connectivity index (χ0) is 18.4. The van der Waals surface area contributed by atoms with Gasteiger partial charge in [0.1, 0.15) is 5.65 Å². The number of anilines is 1. The first-order chi connectivity index (χ1) is 13.2. The largest absolute Gasteiger partial charge is 0.338 e. The van der Waals surface area contributed by atoms with Gasteiger partial charge >= 0.3 is 0 Å². The summed E-state index contributed by atoms with van der Waals surface area (Å²) in [4.78, 5) is 27.3. The number of piperazine rings is 1. The third-order valence-electron chi connectivity index (χ3n) is 6.86. The Labute approximate surface area is 160 Å². The quantitative estimate of drug-likeness (QED) is 0.835. The number of aromatic nitrogens is 3. The summed E-state index contributed by atoms with van der Waals surface area (Å²) in [5.41, 5.74) is 1.90. The van der Waals surface area contributed by atoms with Crippen LogP contribution >= 0.6 is 0 Å². The number of hydrogen-bond acceptors (Lipinski definition) is 5.